The lowest BCUT2D eigenvalue weighted by Gasteiger charge is -2.29. The molecule has 0 saturated heterocycles. The first-order valence-electron chi connectivity index (χ1n) is 8.05. The number of amides is 1. The van der Waals surface area contributed by atoms with Crippen LogP contribution >= 0.6 is 0 Å². The third-order valence-electron chi connectivity index (χ3n) is 4.32. The van der Waals surface area contributed by atoms with E-state index < -0.39 is 0 Å². The highest BCUT2D eigenvalue weighted by molar-refractivity contribution is 5.76. The number of rotatable bonds is 6. The quantitative estimate of drug-likeness (QED) is 0.871. The molecule has 0 aliphatic heterocycles. The standard InChI is InChI=1S/C16H23N3O3/c1-21-15-16(18-9-8-17-15)22-13-6-4-12(5-7-13)19-14(20)10-11-2-3-11/h8-9,11-13H,2-7,10H2,1H3,(H,19,20). The molecular weight excluding hydrogens is 282 g/mol. The van der Waals surface area contributed by atoms with Crippen LogP contribution in [0.15, 0.2) is 12.4 Å². The summed E-state index contributed by atoms with van der Waals surface area (Å²) in [6.45, 7) is 0. The minimum atomic E-state index is 0.113. The SMILES string of the molecule is COc1nccnc1OC1CCC(NC(=O)CC2CC2)CC1. The third kappa shape index (κ3) is 4.08. The van der Waals surface area contributed by atoms with Crippen molar-refractivity contribution < 1.29 is 14.3 Å². The predicted octanol–water partition coefficient (Wildman–Crippen LogP) is 2.09. The number of nitrogens with one attached hydrogen (secondary N) is 1. The van der Waals surface area contributed by atoms with Crippen molar-refractivity contribution >= 4 is 5.91 Å². The molecule has 1 aromatic rings. The molecule has 6 heteroatoms. The molecule has 0 aromatic carbocycles. The van der Waals surface area contributed by atoms with Crippen LogP contribution in [0.4, 0.5) is 0 Å². The molecule has 0 bridgehead atoms. The second kappa shape index (κ2) is 6.94. The fourth-order valence-corrected chi connectivity index (χ4v) is 2.89. The van der Waals surface area contributed by atoms with Gasteiger partial charge in [0.1, 0.15) is 6.10 Å². The Labute approximate surface area is 130 Å². The number of nitrogens with zero attached hydrogens (tertiary/aromatic N) is 2. The summed E-state index contributed by atoms with van der Waals surface area (Å²) in [7, 11) is 1.56. The van der Waals surface area contributed by atoms with E-state index in [4.69, 9.17) is 9.47 Å². The Balaban J connectivity index is 1.44. The van der Waals surface area contributed by atoms with E-state index in [0.29, 0.717) is 24.1 Å². The summed E-state index contributed by atoms with van der Waals surface area (Å²) in [5.74, 6) is 1.72. The number of aromatic nitrogens is 2. The van der Waals surface area contributed by atoms with Crippen molar-refractivity contribution in [3.05, 3.63) is 12.4 Å². The molecule has 0 radical (unpaired) electrons. The lowest BCUT2D eigenvalue weighted by molar-refractivity contribution is -0.122. The zero-order chi connectivity index (χ0) is 15.4. The Kier molecular flexibility index (Phi) is 4.75. The van der Waals surface area contributed by atoms with E-state index >= 15 is 0 Å². The van der Waals surface area contributed by atoms with E-state index in [1.807, 2.05) is 0 Å². The first-order chi connectivity index (χ1) is 10.7. The molecule has 22 heavy (non-hydrogen) atoms. The minimum Gasteiger partial charge on any atom is -0.477 e. The summed E-state index contributed by atoms with van der Waals surface area (Å²) in [5, 5.41) is 3.15. The molecule has 0 unspecified atom stereocenters. The van der Waals surface area contributed by atoms with Crippen LogP contribution in [-0.2, 0) is 4.79 Å². The molecule has 1 amide bonds. The summed E-state index contributed by atoms with van der Waals surface area (Å²) in [6.07, 6.45) is 10.1. The zero-order valence-electron chi connectivity index (χ0n) is 13.0. The highest BCUT2D eigenvalue weighted by atomic mass is 16.5. The average molecular weight is 305 g/mol. The fourth-order valence-electron chi connectivity index (χ4n) is 2.89. The van der Waals surface area contributed by atoms with Crippen LogP contribution in [0, 0.1) is 5.92 Å². The third-order valence-corrected chi connectivity index (χ3v) is 4.32. The van der Waals surface area contributed by atoms with Crippen molar-refractivity contribution in [3.63, 3.8) is 0 Å². The van der Waals surface area contributed by atoms with E-state index in [1.165, 1.54) is 12.8 Å². The van der Waals surface area contributed by atoms with Gasteiger partial charge in [0.15, 0.2) is 0 Å². The van der Waals surface area contributed by atoms with Crippen LogP contribution in [0.2, 0.25) is 0 Å². The maximum Gasteiger partial charge on any atom is 0.278 e. The van der Waals surface area contributed by atoms with Gasteiger partial charge < -0.3 is 14.8 Å². The fraction of sp³-hybridized carbons (Fsp3) is 0.688. The average Bonchev–Trinajstić information content (AvgIpc) is 3.33. The van der Waals surface area contributed by atoms with Gasteiger partial charge in [-0.15, -0.1) is 0 Å². The summed E-state index contributed by atoms with van der Waals surface area (Å²) >= 11 is 0. The molecule has 3 rings (SSSR count). The van der Waals surface area contributed by atoms with Crippen molar-refractivity contribution in [1.82, 2.24) is 15.3 Å². The summed E-state index contributed by atoms with van der Waals surface area (Å²) in [4.78, 5) is 20.1. The van der Waals surface area contributed by atoms with E-state index in [9.17, 15) is 4.79 Å². The lowest BCUT2D eigenvalue weighted by Crippen LogP contribution is -2.39. The Morgan fingerprint density at radius 1 is 1.14 bits per heavy atom. The first kappa shape index (κ1) is 15.1. The molecule has 0 atom stereocenters. The molecule has 2 aliphatic rings. The van der Waals surface area contributed by atoms with Crippen molar-refractivity contribution in [2.75, 3.05) is 7.11 Å². The summed E-state index contributed by atoms with van der Waals surface area (Å²) in [6, 6.07) is 0.287. The summed E-state index contributed by atoms with van der Waals surface area (Å²) in [5.41, 5.74) is 0. The van der Waals surface area contributed by atoms with Gasteiger partial charge in [-0.1, -0.05) is 0 Å². The van der Waals surface area contributed by atoms with Gasteiger partial charge in [0.2, 0.25) is 5.91 Å². The molecule has 1 heterocycles. The molecule has 120 valence electrons. The largest absolute Gasteiger partial charge is 0.477 e. The molecule has 6 nitrogen and oxygen atoms in total. The van der Waals surface area contributed by atoms with Gasteiger partial charge in [-0.2, -0.15) is 0 Å². The highest BCUT2D eigenvalue weighted by Crippen LogP contribution is 2.32. The van der Waals surface area contributed by atoms with Crippen LogP contribution in [0.25, 0.3) is 0 Å². The van der Waals surface area contributed by atoms with Gasteiger partial charge in [0.05, 0.1) is 7.11 Å². The van der Waals surface area contributed by atoms with Crippen molar-refractivity contribution in [3.8, 4) is 11.8 Å². The Morgan fingerprint density at radius 3 is 2.45 bits per heavy atom. The van der Waals surface area contributed by atoms with E-state index in [2.05, 4.69) is 15.3 Å². The lowest BCUT2D eigenvalue weighted by atomic mass is 9.93. The smallest absolute Gasteiger partial charge is 0.278 e. The monoisotopic (exact) mass is 305 g/mol. The van der Waals surface area contributed by atoms with Gasteiger partial charge in [-0.3, -0.25) is 4.79 Å². The minimum absolute atomic E-state index is 0.113. The van der Waals surface area contributed by atoms with E-state index in [-0.39, 0.29) is 18.1 Å². The number of methoxy groups -OCH3 is 1. The normalized spacial score (nSPS) is 24.6. The zero-order valence-corrected chi connectivity index (χ0v) is 13.0. The van der Waals surface area contributed by atoms with Crippen LogP contribution in [0.5, 0.6) is 11.8 Å². The van der Waals surface area contributed by atoms with Crippen LogP contribution in [0.1, 0.15) is 44.9 Å². The van der Waals surface area contributed by atoms with Gasteiger partial charge in [0, 0.05) is 24.9 Å². The van der Waals surface area contributed by atoms with Crippen molar-refractivity contribution in [2.24, 2.45) is 5.92 Å². The van der Waals surface area contributed by atoms with Crippen LogP contribution in [0.3, 0.4) is 0 Å². The van der Waals surface area contributed by atoms with Gasteiger partial charge >= 0.3 is 0 Å². The van der Waals surface area contributed by atoms with Gasteiger partial charge in [-0.25, -0.2) is 9.97 Å². The number of carbonyl (C=O) groups excluding carboxylic acids is 1. The Bertz CT molecular complexity index is 511. The maximum absolute atomic E-state index is 11.8. The van der Waals surface area contributed by atoms with Crippen molar-refractivity contribution in [2.45, 2.75) is 57.1 Å². The van der Waals surface area contributed by atoms with Crippen molar-refractivity contribution in [1.29, 1.82) is 0 Å². The molecule has 1 aromatic heterocycles. The molecule has 2 saturated carbocycles. The molecular formula is C16H23N3O3. The highest BCUT2D eigenvalue weighted by Gasteiger charge is 2.28. The van der Waals surface area contributed by atoms with E-state index in [1.54, 1.807) is 19.5 Å². The molecule has 2 aliphatic carbocycles. The first-order valence-corrected chi connectivity index (χ1v) is 8.05. The van der Waals surface area contributed by atoms with Gasteiger partial charge in [0.25, 0.3) is 11.8 Å². The number of hydrogen-bond acceptors (Lipinski definition) is 5. The van der Waals surface area contributed by atoms with Crippen LogP contribution < -0.4 is 14.8 Å². The Morgan fingerprint density at radius 2 is 1.82 bits per heavy atom. The van der Waals surface area contributed by atoms with Crippen LogP contribution in [-0.4, -0.2) is 35.1 Å². The van der Waals surface area contributed by atoms with E-state index in [0.717, 1.165) is 25.7 Å². The Hall–Kier alpha value is -1.85. The number of ether oxygens (including phenoxy) is 2. The number of hydrogen-bond donors (Lipinski definition) is 1. The molecule has 0 spiro atoms. The second-order valence-corrected chi connectivity index (χ2v) is 6.18. The maximum atomic E-state index is 11.8. The second-order valence-electron chi connectivity index (χ2n) is 6.18. The number of carbonyl (C=O) groups is 1. The van der Waals surface area contributed by atoms with Gasteiger partial charge in [-0.05, 0) is 44.4 Å². The molecule has 1 N–H and O–H groups in total. The molecule has 2 fully saturated rings. The summed E-state index contributed by atoms with van der Waals surface area (Å²) < 4.78 is 11.0. The topological polar surface area (TPSA) is 73.3 Å². The predicted molar refractivity (Wildman–Crippen MR) is 80.7 cm³/mol.